The fourth-order valence-electron chi connectivity index (χ4n) is 2.45. The van der Waals surface area contributed by atoms with E-state index in [9.17, 15) is 0 Å². The summed E-state index contributed by atoms with van der Waals surface area (Å²) in [6.07, 6.45) is 1.75. The van der Waals surface area contributed by atoms with E-state index in [1.165, 1.54) is 0 Å². The number of anilines is 1. The third-order valence-electron chi connectivity index (χ3n) is 3.53. The minimum absolute atomic E-state index is 0.171. The lowest BCUT2D eigenvalue weighted by molar-refractivity contribution is 0.246. The highest BCUT2D eigenvalue weighted by atomic mass is 16.5. The number of nitrogens with zero attached hydrogens (tertiary/aromatic N) is 1. The van der Waals surface area contributed by atoms with E-state index in [1.54, 1.807) is 20.3 Å². The molecule has 0 fully saturated rings. The number of aliphatic imine (C=N–C) groups is 1. The Balaban J connectivity index is 2.75. The highest BCUT2D eigenvalue weighted by molar-refractivity contribution is 5.94. The van der Waals surface area contributed by atoms with Crippen LogP contribution in [0.1, 0.15) is 26.7 Å². The van der Waals surface area contributed by atoms with Crippen LogP contribution in [-0.2, 0) is 0 Å². The van der Waals surface area contributed by atoms with Crippen LogP contribution in [0.25, 0.3) is 0 Å². The summed E-state index contributed by atoms with van der Waals surface area (Å²) in [6, 6.07) is 5.43. The number of methoxy groups -OCH3 is 2. The number of hydrogen-bond donors (Lipinski definition) is 3. The van der Waals surface area contributed by atoms with Gasteiger partial charge in [0.1, 0.15) is 11.5 Å². The third kappa shape index (κ3) is 6.78. The van der Waals surface area contributed by atoms with Gasteiger partial charge in [-0.25, -0.2) is 0 Å². The first-order valence-corrected chi connectivity index (χ1v) is 7.90. The predicted molar refractivity (Wildman–Crippen MR) is 94.3 cm³/mol. The maximum absolute atomic E-state index is 9.15. The lowest BCUT2D eigenvalue weighted by Crippen LogP contribution is -2.24. The van der Waals surface area contributed by atoms with Gasteiger partial charge in [-0.2, -0.15) is 0 Å². The summed E-state index contributed by atoms with van der Waals surface area (Å²) in [5, 5.41) is 12.2. The Morgan fingerprint density at radius 3 is 2.61 bits per heavy atom. The van der Waals surface area contributed by atoms with E-state index < -0.39 is 0 Å². The second kappa shape index (κ2) is 9.94. The lowest BCUT2D eigenvalue weighted by atomic mass is 9.94. The monoisotopic (exact) mass is 323 g/mol. The highest BCUT2D eigenvalue weighted by Crippen LogP contribution is 2.28. The van der Waals surface area contributed by atoms with Crippen molar-refractivity contribution in [2.45, 2.75) is 26.7 Å². The van der Waals surface area contributed by atoms with Crippen molar-refractivity contribution < 1.29 is 14.6 Å². The van der Waals surface area contributed by atoms with Crippen LogP contribution in [0.15, 0.2) is 23.2 Å². The molecule has 0 aliphatic rings. The van der Waals surface area contributed by atoms with Crippen LogP contribution in [0.4, 0.5) is 5.69 Å². The van der Waals surface area contributed by atoms with E-state index in [1.807, 2.05) is 12.1 Å². The first kappa shape index (κ1) is 19.1. The van der Waals surface area contributed by atoms with Crippen molar-refractivity contribution in [2.75, 3.05) is 32.7 Å². The molecule has 0 aliphatic carbocycles. The topological polar surface area (TPSA) is 89.1 Å². The smallest absolute Gasteiger partial charge is 0.193 e. The van der Waals surface area contributed by atoms with Gasteiger partial charge in [0.25, 0.3) is 0 Å². The van der Waals surface area contributed by atoms with Gasteiger partial charge in [0, 0.05) is 19.2 Å². The van der Waals surface area contributed by atoms with Gasteiger partial charge in [-0.3, -0.25) is 4.99 Å². The van der Waals surface area contributed by atoms with Crippen LogP contribution in [0.5, 0.6) is 11.5 Å². The zero-order chi connectivity index (χ0) is 17.2. The summed E-state index contributed by atoms with van der Waals surface area (Å²) < 4.78 is 10.5. The second-order valence-electron chi connectivity index (χ2n) is 5.92. The number of benzene rings is 1. The quantitative estimate of drug-likeness (QED) is 0.480. The molecule has 23 heavy (non-hydrogen) atoms. The van der Waals surface area contributed by atoms with E-state index in [0.29, 0.717) is 41.5 Å². The molecule has 1 aromatic rings. The first-order valence-electron chi connectivity index (χ1n) is 7.90. The molecule has 0 saturated heterocycles. The minimum atomic E-state index is 0.171. The maximum Gasteiger partial charge on any atom is 0.193 e. The molecule has 6 nitrogen and oxygen atoms in total. The lowest BCUT2D eigenvalue weighted by Gasteiger charge is -2.16. The number of guanidine groups is 1. The summed E-state index contributed by atoms with van der Waals surface area (Å²) >= 11 is 0. The molecular weight excluding hydrogens is 294 g/mol. The minimum Gasteiger partial charge on any atom is -0.497 e. The summed E-state index contributed by atoms with van der Waals surface area (Å²) in [4.78, 5) is 4.40. The van der Waals surface area contributed by atoms with E-state index in [2.05, 4.69) is 24.2 Å². The van der Waals surface area contributed by atoms with Crippen LogP contribution in [0.2, 0.25) is 0 Å². The van der Waals surface area contributed by atoms with Gasteiger partial charge in [0.15, 0.2) is 5.96 Å². The van der Waals surface area contributed by atoms with Crippen LogP contribution in [-0.4, -0.2) is 38.4 Å². The Labute approximate surface area is 138 Å². The molecule has 1 atom stereocenters. The average Bonchev–Trinajstić information content (AvgIpc) is 2.52. The number of rotatable bonds is 9. The number of ether oxygens (including phenoxy) is 2. The second-order valence-corrected chi connectivity index (χ2v) is 5.92. The molecule has 0 radical (unpaired) electrons. The van der Waals surface area contributed by atoms with Crippen molar-refractivity contribution in [1.82, 2.24) is 0 Å². The normalized spacial score (nSPS) is 13.0. The molecule has 0 amide bonds. The number of nitrogens with one attached hydrogen (secondary N) is 1. The summed E-state index contributed by atoms with van der Waals surface area (Å²) in [5.74, 6) is 2.59. The highest BCUT2D eigenvalue weighted by Gasteiger charge is 2.11. The summed E-state index contributed by atoms with van der Waals surface area (Å²) in [7, 11) is 3.20. The van der Waals surface area contributed by atoms with Crippen molar-refractivity contribution in [3.63, 3.8) is 0 Å². The molecule has 130 valence electrons. The van der Waals surface area contributed by atoms with Crippen LogP contribution in [0.3, 0.4) is 0 Å². The molecule has 1 rings (SSSR count). The first-order chi connectivity index (χ1) is 11.0. The van der Waals surface area contributed by atoms with Gasteiger partial charge in [-0.05, 0) is 36.8 Å². The van der Waals surface area contributed by atoms with Crippen molar-refractivity contribution in [1.29, 1.82) is 0 Å². The zero-order valence-corrected chi connectivity index (χ0v) is 14.5. The van der Waals surface area contributed by atoms with Gasteiger partial charge in [-0.1, -0.05) is 13.8 Å². The fourth-order valence-corrected chi connectivity index (χ4v) is 2.45. The van der Waals surface area contributed by atoms with Gasteiger partial charge in [0.05, 0.1) is 19.9 Å². The van der Waals surface area contributed by atoms with Crippen LogP contribution < -0.4 is 20.5 Å². The number of aliphatic hydroxyl groups excluding tert-OH is 1. The van der Waals surface area contributed by atoms with Crippen molar-refractivity contribution in [2.24, 2.45) is 22.6 Å². The number of aliphatic hydroxyl groups is 1. The van der Waals surface area contributed by atoms with Crippen molar-refractivity contribution in [3.05, 3.63) is 18.2 Å². The molecule has 1 aromatic carbocycles. The van der Waals surface area contributed by atoms with Crippen molar-refractivity contribution in [3.8, 4) is 11.5 Å². The Hall–Kier alpha value is -1.95. The molecule has 0 aliphatic heterocycles. The SMILES string of the molecule is COc1ccc(OC)c(NC(N)=NCC(CCO)CC(C)C)c1. The van der Waals surface area contributed by atoms with Gasteiger partial charge < -0.3 is 25.6 Å². The fraction of sp³-hybridized carbons (Fsp3) is 0.588. The Kier molecular flexibility index (Phi) is 8.26. The predicted octanol–water partition coefficient (Wildman–Crippen LogP) is 2.48. The molecule has 0 heterocycles. The Bertz CT molecular complexity index is 504. The largest absolute Gasteiger partial charge is 0.497 e. The molecule has 1 unspecified atom stereocenters. The standard InChI is InChI=1S/C17H29N3O3/c1-12(2)9-13(7-8-21)11-19-17(18)20-15-10-14(22-3)5-6-16(15)23-4/h5-6,10,12-13,21H,7-9,11H2,1-4H3,(H3,18,19,20). The molecule has 0 bridgehead atoms. The van der Waals surface area contributed by atoms with E-state index in [0.717, 1.165) is 12.8 Å². The maximum atomic E-state index is 9.15. The third-order valence-corrected chi connectivity index (χ3v) is 3.53. The van der Waals surface area contributed by atoms with E-state index in [-0.39, 0.29) is 6.61 Å². The molecule has 0 aromatic heterocycles. The average molecular weight is 323 g/mol. The van der Waals surface area contributed by atoms with Crippen LogP contribution in [0, 0.1) is 11.8 Å². The molecule has 6 heteroatoms. The number of hydrogen-bond acceptors (Lipinski definition) is 4. The van der Waals surface area contributed by atoms with E-state index >= 15 is 0 Å². The molecule has 0 saturated carbocycles. The molecule has 4 N–H and O–H groups in total. The summed E-state index contributed by atoms with van der Waals surface area (Å²) in [6.45, 7) is 5.08. The van der Waals surface area contributed by atoms with Gasteiger partial charge >= 0.3 is 0 Å². The van der Waals surface area contributed by atoms with Crippen molar-refractivity contribution >= 4 is 11.6 Å². The van der Waals surface area contributed by atoms with Crippen LogP contribution >= 0.6 is 0 Å². The summed E-state index contributed by atoms with van der Waals surface area (Å²) in [5.41, 5.74) is 6.68. The Morgan fingerprint density at radius 2 is 2.04 bits per heavy atom. The van der Waals surface area contributed by atoms with Gasteiger partial charge in [0.2, 0.25) is 0 Å². The van der Waals surface area contributed by atoms with E-state index in [4.69, 9.17) is 20.3 Å². The Morgan fingerprint density at radius 1 is 1.30 bits per heavy atom. The van der Waals surface area contributed by atoms with Gasteiger partial charge in [-0.15, -0.1) is 0 Å². The number of nitrogens with two attached hydrogens (primary N) is 1. The molecular formula is C17H29N3O3. The molecule has 0 spiro atoms. The zero-order valence-electron chi connectivity index (χ0n) is 14.5.